The van der Waals surface area contributed by atoms with Crippen LogP contribution in [0.2, 0.25) is 0 Å². The highest BCUT2D eigenvalue weighted by Gasteiger charge is 2.25. The molecular weight excluding hydrogens is 330 g/mol. The van der Waals surface area contributed by atoms with Gasteiger partial charge in [-0.1, -0.05) is 39.0 Å². The van der Waals surface area contributed by atoms with Crippen LogP contribution in [0.3, 0.4) is 0 Å². The second kappa shape index (κ2) is 8.55. The van der Waals surface area contributed by atoms with Crippen molar-refractivity contribution in [1.82, 2.24) is 5.32 Å². The maximum absolute atomic E-state index is 3.83. The van der Waals surface area contributed by atoms with Crippen LogP contribution in [0.5, 0.6) is 0 Å². The molecule has 1 N–H and O–H groups in total. The zero-order valence-corrected chi connectivity index (χ0v) is 15.3. The molecule has 1 aliphatic carbocycles. The molecule has 1 fully saturated rings. The molecule has 1 heterocycles. The van der Waals surface area contributed by atoms with Crippen LogP contribution in [-0.4, -0.2) is 6.54 Å². The topological polar surface area (TPSA) is 12.0 Å². The third kappa shape index (κ3) is 4.57. The highest BCUT2D eigenvalue weighted by Crippen LogP contribution is 2.38. The number of hydrogen-bond donors (Lipinski definition) is 1. The molecule has 20 heavy (non-hydrogen) atoms. The van der Waals surface area contributed by atoms with Crippen LogP contribution < -0.4 is 5.32 Å². The summed E-state index contributed by atoms with van der Waals surface area (Å²) in [5, 5.41) is 3.83. The first-order valence-electron chi connectivity index (χ1n) is 8.21. The monoisotopic (exact) mass is 357 g/mol. The largest absolute Gasteiger partial charge is 0.309 e. The Morgan fingerprint density at radius 3 is 2.45 bits per heavy atom. The third-order valence-corrected chi connectivity index (χ3v) is 6.64. The molecule has 0 saturated heterocycles. The summed E-state index contributed by atoms with van der Waals surface area (Å²) in [5.74, 6) is 0.826. The van der Waals surface area contributed by atoms with Crippen molar-refractivity contribution in [1.29, 1.82) is 0 Å². The Balaban J connectivity index is 2.12. The molecule has 1 aliphatic rings. The van der Waals surface area contributed by atoms with E-state index in [9.17, 15) is 0 Å². The van der Waals surface area contributed by atoms with Gasteiger partial charge in [-0.3, -0.25) is 0 Å². The van der Waals surface area contributed by atoms with Crippen molar-refractivity contribution >= 4 is 27.3 Å². The molecule has 0 aromatic carbocycles. The maximum Gasteiger partial charge on any atom is 0.0443 e. The summed E-state index contributed by atoms with van der Waals surface area (Å²) in [5.41, 5.74) is 0. The molecule has 1 saturated carbocycles. The van der Waals surface area contributed by atoms with Crippen molar-refractivity contribution in [2.45, 2.75) is 71.3 Å². The summed E-state index contributed by atoms with van der Waals surface area (Å²) in [6.07, 6.45) is 11.2. The van der Waals surface area contributed by atoms with Gasteiger partial charge in [-0.25, -0.2) is 0 Å². The molecule has 0 aliphatic heterocycles. The van der Waals surface area contributed by atoms with Crippen molar-refractivity contribution in [3.63, 3.8) is 0 Å². The Morgan fingerprint density at radius 1 is 1.25 bits per heavy atom. The van der Waals surface area contributed by atoms with E-state index in [1.807, 2.05) is 11.3 Å². The number of aryl methyl sites for hydroxylation is 1. The summed E-state index contributed by atoms with van der Waals surface area (Å²) in [6, 6.07) is 2.93. The summed E-state index contributed by atoms with van der Waals surface area (Å²) < 4.78 is 1.28. The SMILES string of the molecule is CCCNC(c1cc(Br)c(C)s1)C1CCCCCCC1. The van der Waals surface area contributed by atoms with Crippen LogP contribution in [-0.2, 0) is 0 Å². The third-order valence-electron chi connectivity index (χ3n) is 4.42. The number of halogens is 1. The maximum atomic E-state index is 3.83. The lowest BCUT2D eigenvalue weighted by Crippen LogP contribution is -2.29. The molecule has 1 nitrogen and oxygen atoms in total. The standard InChI is InChI=1S/C17H28BrNS/c1-3-11-19-17(16-12-15(18)13(2)20-16)14-9-7-5-4-6-8-10-14/h12,14,17,19H,3-11H2,1-2H3. The normalized spacial score (nSPS) is 19.6. The first-order valence-corrected chi connectivity index (χ1v) is 9.82. The van der Waals surface area contributed by atoms with E-state index < -0.39 is 0 Å². The van der Waals surface area contributed by atoms with Gasteiger partial charge in [0.05, 0.1) is 0 Å². The zero-order chi connectivity index (χ0) is 14.4. The zero-order valence-electron chi connectivity index (χ0n) is 12.9. The van der Waals surface area contributed by atoms with Crippen LogP contribution in [0.25, 0.3) is 0 Å². The second-order valence-electron chi connectivity index (χ2n) is 6.09. The van der Waals surface area contributed by atoms with E-state index in [0.717, 1.165) is 12.5 Å². The van der Waals surface area contributed by atoms with Crippen LogP contribution in [0.1, 0.15) is 74.1 Å². The highest BCUT2D eigenvalue weighted by atomic mass is 79.9. The van der Waals surface area contributed by atoms with Gasteiger partial charge in [-0.15, -0.1) is 11.3 Å². The van der Waals surface area contributed by atoms with Gasteiger partial charge < -0.3 is 5.32 Å². The molecule has 2 rings (SSSR count). The fourth-order valence-corrected chi connectivity index (χ4v) is 4.99. The van der Waals surface area contributed by atoms with Crippen molar-refractivity contribution in [3.05, 3.63) is 20.3 Å². The van der Waals surface area contributed by atoms with Crippen LogP contribution in [0.4, 0.5) is 0 Å². The van der Waals surface area contributed by atoms with E-state index in [0.29, 0.717) is 6.04 Å². The Morgan fingerprint density at radius 2 is 1.90 bits per heavy atom. The van der Waals surface area contributed by atoms with E-state index in [2.05, 4.69) is 41.2 Å². The summed E-state index contributed by atoms with van der Waals surface area (Å²) in [4.78, 5) is 2.95. The fraction of sp³-hybridized carbons (Fsp3) is 0.765. The highest BCUT2D eigenvalue weighted by molar-refractivity contribution is 9.10. The molecule has 0 spiro atoms. The average molecular weight is 358 g/mol. The molecule has 0 radical (unpaired) electrons. The molecule has 1 unspecified atom stereocenters. The van der Waals surface area contributed by atoms with E-state index in [4.69, 9.17) is 0 Å². The molecule has 0 bridgehead atoms. The minimum absolute atomic E-state index is 0.572. The lowest BCUT2D eigenvalue weighted by molar-refractivity contribution is 0.291. The smallest absolute Gasteiger partial charge is 0.0443 e. The van der Waals surface area contributed by atoms with Crippen LogP contribution in [0, 0.1) is 12.8 Å². The van der Waals surface area contributed by atoms with Crippen molar-refractivity contribution in [2.75, 3.05) is 6.54 Å². The van der Waals surface area contributed by atoms with Crippen molar-refractivity contribution < 1.29 is 0 Å². The van der Waals surface area contributed by atoms with Crippen molar-refractivity contribution in [3.8, 4) is 0 Å². The minimum atomic E-state index is 0.572. The Labute approximate surface area is 136 Å². The Hall–Kier alpha value is 0.140. The van der Waals surface area contributed by atoms with E-state index in [1.165, 1.54) is 65.6 Å². The molecule has 1 aromatic heterocycles. The predicted octanol–water partition coefficient (Wildman–Crippen LogP) is 6.22. The van der Waals surface area contributed by atoms with Gasteiger partial charge in [0.1, 0.15) is 0 Å². The van der Waals surface area contributed by atoms with Gasteiger partial charge in [0.15, 0.2) is 0 Å². The van der Waals surface area contributed by atoms with E-state index in [1.54, 1.807) is 0 Å². The van der Waals surface area contributed by atoms with Gasteiger partial charge in [0, 0.05) is 20.3 Å². The number of nitrogens with one attached hydrogen (secondary N) is 1. The second-order valence-corrected chi connectivity index (χ2v) is 8.23. The van der Waals surface area contributed by atoms with Crippen LogP contribution >= 0.6 is 27.3 Å². The van der Waals surface area contributed by atoms with E-state index >= 15 is 0 Å². The lowest BCUT2D eigenvalue weighted by atomic mass is 9.85. The molecule has 114 valence electrons. The molecule has 1 aromatic rings. The number of hydrogen-bond acceptors (Lipinski definition) is 2. The predicted molar refractivity (Wildman–Crippen MR) is 93.6 cm³/mol. The van der Waals surface area contributed by atoms with Crippen molar-refractivity contribution in [2.24, 2.45) is 5.92 Å². The Kier molecular flexibility index (Phi) is 7.06. The quantitative estimate of drug-likeness (QED) is 0.659. The molecule has 3 heteroatoms. The fourth-order valence-electron chi connectivity index (χ4n) is 3.26. The van der Waals surface area contributed by atoms with Gasteiger partial charge in [-0.2, -0.15) is 0 Å². The van der Waals surface area contributed by atoms with Gasteiger partial charge in [0.25, 0.3) is 0 Å². The van der Waals surface area contributed by atoms with Gasteiger partial charge in [0.2, 0.25) is 0 Å². The minimum Gasteiger partial charge on any atom is -0.309 e. The first-order chi connectivity index (χ1) is 9.72. The first kappa shape index (κ1) is 16.5. The molecular formula is C17H28BrNS. The lowest BCUT2D eigenvalue weighted by Gasteiger charge is -2.29. The summed E-state index contributed by atoms with van der Waals surface area (Å²) in [6.45, 7) is 5.61. The number of rotatable bonds is 5. The van der Waals surface area contributed by atoms with Crippen LogP contribution in [0.15, 0.2) is 10.5 Å². The Bertz CT molecular complexity index is 374. The average Bonchev–Trinajstić information content (AvgIpc) is 2.71. The number of thiophene rings is 1. The summed E-state index contributed by atoms with van der Waals surface area (Å²) >= 11 is 5.66. The van der Waals surface area contributed by atoms with E-state index in [-0.39, 0.29) is 0 Å². The van der Waals surface area contributed by atoms with Gasteiger partial charge >= 0.3 is 0 Å². The summed E-state index contributed by atoms with van der Waals surface area (Å²) in [7, 11) is 0. The molecule has 1 atom stereocenters. The van der Waals surface area contributed by atoms with Gasteiger partial charge in [-0.05, 0) is 60.6 Å². The molecule has 0 amide bonds.